The third-order valence-electron chi connectivity index (χ3n) is 8.61. The molecule has 5 aromatic rings. The van der Waals surface area contributed by atoms with Gasteiger partial charge in [0.15, 0.2) is 6.54 Å². The van der Waals surface area contributed by atoms with E-state index in [0.29, 0.717) is 0 Å². The number of hydrogen-bond acceptors (Lipinski definition) is 2. The Bertz CT molecular complexity index is 1710. The molecule has 1 aliphatic heterocycles. The van der Waals surface area contributed by atoms with Crippen molar-refractivity contribution < 1.29 is 4.57 Å². The van der Waals surface area contributed by atoms with Crippen LogP contribution in [0.25, 0.3) is 27.1 Å². The molecule has 0 saturated carbocycles. The number of aromatic nitrogens is 1. The Balaban J connectivity index is 1.49. The highest BCUT2D eigenvalue weighted by Crippen LogP contribution is 2.52. The number of unbranched alkanes of at least 4 members (excludes halogenated alkanes) is 2. The van der Waals surface area contributed by atoms with Crippen molar-refractivity contribution in [3.63, 3.8) is 0 Å². The first kappa shape index (κ1) is 27.5. The minimum atomic E-state index is -0.145. The number of hydrogen-bond donors (Lipinski definition) is 0. The highest BCUT2D eigenvalue weighted by atomic mass is 32.1. The van der Waals surface area contributed by atoms with E-state index in [2.05, 4.69) is 139 Å². The molecule has 3 heteroatoms. The van der Waals surface area contributed by atoms with Crippen LogP contribution in [-0.2, 0) is 18.4 Å². The number of anilines is 1. The first-order valence-electron chi connectivity index (χ1n) is 15.3. The van der Waals surface area contributed by atoms with Gasteiger partial charge in [0.05, 0.1) is 0 Å². The lowest BCUT2D eigenvalue weighted by Crippen LogP contribution is -2.34. The predicted molar refractivity (Wildman–Crippen MR) is 178 cm³/mol. The Kier molecular flexibility index (Phi) is 8.07. The third-order valence-corrected chi connectivity index (χ3v) is 9.74. The Morgan fingerprint density at radius 1 is 0.829 bits per heavy atom. The smallest absolute Gasteiger partial charge is 0.262 e. The first-order valence-corrected chi connectivity index (χ1v) is 16.1. The number of nitrogens with zero attached hydrogens (tertiary/aromatic N) is 2. The van der Waals surface area contributed by atoms with Gasteiger partial charge in [-0.1, -0.05) is 117 Å². The van der Waals surface area contributed by atoms with Gasteiger partial charge in [0, 0.05) is 41.9 Å². The molecule has 2 nitrogen and oxygen atoms in total. The van der Waals surface area contributed by atoms with Crippen molar-refractivity contribution in [2.75, 3.05) is 11.4 Å². The summed E-state index contributed by atoms with van der Waals surface area (Å²) >= 11 is 1.90. The van der Waals surface area contributed by atoms with E-state index in [1.807, 2.05) is 11.3 Å². The molecular formula is C38H41N2S+. The lowest BCUT2D eigenvalue weighted by Gasteiger charge is -2.31. The van der Waals surface area contributed by atoms with Gasteiger partial charge in [-0.15, -0.1) is 0 Å². The Morgan fingerprint density at radius 3 is 2.41 bits per heavy atom. The summed E-state index contributed by atoms with van der Waals surface area (Å²) in [5.74, 6) is 0. The molecule has 6 rings (SSSR count). The van der Waals surface area contributed by atoms with Crippen LogP contribution < -0.4 is 9.47 Å². The summed E-state index contributed by atoms with van der Waals surface area (Å²) < 4.78 is 3.86. The predicted octanol–water partition coefficient (Wildman–Crippen LogP) is 9.86. The Morgan fingerprint density at radius 2 is 1.59 bits per heavy atom. The van der Waals surface area contributed by atoms with Crippen LogP contribution in [0.2, 0.25) is 0 Å². The zero-order chi connectivity index (χ0) is 28.2. The molecule has 0 aliphatic carbocycles. The summed E-state index contributed by atoms with van der Waals surface area (Å²) in [6, 6.07) is 33.5. The molecule has 1 aliphatic rings. The molecule has 0 fully saturated rings. The summed E-state index contributed by atoms with van der Waals surface area (Å²) in [6.45, 7) is 9.13. The van der Waals surface area contributed by atoms with Crippen molar-refractivity contribution in [1.82, 2.24) is 0 Å². The van der Waals surface area contributed by atoms with E-state index in [-0.39, 0.29) is 5.41 Å². The number of benzene rings is 4. The maximum Gasteiger partial charge on any atom is 0.262 e. The average Bonchev–Trinajstić information content (AvgIpc) is 3.47. The maximum atomic E-state index is 2.62. The van der Waals surface area contributed by atoms with Crippen LogP contribution in [0.4, 0.5) is 5.69 Å². The van der Waals surface area contributed by atoms with Crippen LogP contribution in [0.15, 0.2) is 109 Å². The zero-order valence-electron chi connectivity index (χ0n) is 24.6. The van der Waals surface area contributed by atoms with Crippen molar-refractivity contribution in [3.05, 3.63) is 125 Å². The lowest BCUT2D eigenvalue weighted by atomic mass is 9.74. The normalized spacial score (nSPS) is 17.8. The fraction of sp³-hybridized carbons (Fsp3) is 0.289. The number of allylic oxidation sites excluding steroid dienone is 3. The van der Waals surface area contributed by atoms with E-state index in [4.69, 9.17) is 0 Å². The van der Waals surface area contributed by atoms with E-state index < -0.39 is 0 Å². The number of aryl methyl sites for hydroxylation is 1. The van der Waals surface area contributed by atoms with Gasteiger partial charge in [-0.25, -0.2) is 0 Å². The number of thiazole rings is 1. The van der Waals surface area contributed by atoms with Crippen LogP contribution in [-0.4, -0.2) is 6.54 Å². The molecule has 0 spiro atoms. The molecule has 1 unspecified atom stereocenters. The molecule has 2 heterocycles. The minimum Gasteiger partial charge on any atom is -0.344 e. The molecule has 41 heavy (non-hydrogen) atoms. The summed E-state index contributed by atoms with van der Waals surface area (Å²) in [5.41, 5.74) is 6.82. The molecule has 1 aromatic heterocycles. The van der Waals surface area contributed by atoms with Gasteiger partial charge >= 0.3 is 0 Å². The number of rotatable bonds is 10. The van der Waals surface area contributed by atoms with Crippen molar-refractivity contribution in [1.29, 1.82) is 0 Å². The van der Waals surface area contributed by atoms with Gasteiger partial charge in [-0.05, 0) is 59.9 Å². The SMILES string of the molecule is CCCCN1C(=CC=Cc2sc3ccccc3[n+]2CCCC)C(C)(Cc2ccccc2)c2c1ccc1ccccc21. The summed E-state index contributed by atoms with van der Waals surface area (Å²) in [4.78, 5) is 2.62. The van der Waals surface area contributed by atoms with Crippen molar-refractivity contribution in [2.45, 2.75) is 64.8 Å². The van der Waals surface area contributed by atoms with E-state index >= 15 is 0 Å². The topological polar surface area (TPSA) is 7.12 Å². The van der Waals surface area contributed by atoms with E-state index in [1.165, 1.54) is 74.2 Å². The fourth-order valence-electron chi connectivity index (χ4n) is 6.58. The van der Waals surface area contributed by atoms with Crippen LogP contribution in [0, 0.1) is 0 Å². The van der Waals surface area contributed by atoms with Crippen LogP contribution in [0.3, 0.4) is 0 Å². The lowest BCUT2D eigenvalue weighted by molar-refractivity contribution is -0.669. The second kappa shape index (κ2) is 12.0. The van der Waals surface area contributed by atoms with E-state index in [0.717, 1.165) is 19.5 Å². The van der Waals surface area contributed by atoms with Crippen molar-refractivity contribution in [2.24, 2.45) is 0 Å². The second-order valence-electron chi connectivity index (χ2n) is 11.5. The summed E-state index contributed by atoms with van der Waals surface area (Å²) in [7, 11) is 0. The molecule has 0 bridgehead atoms. The van der Waals surface area contributed by atoms with Gasteiger partial charge in [-0.3, -0.25) is 0 Å². The number of fused-ring (bicyclic) bond motifs is 4. The van der Waals surface area contributed by atoms with E-state index in [1.54, 1.807) is 0 Å². The molecule has 0 saturated heterocycles. The molecule has 0 amide bonds. The molecule has 1 atom stereocenters. The quantitative estimate of drug-likeness (QED) is 0.155. The van der Waals surface area contributed by atoms with Gasteiger partial charge in [0.2, 0.25) is 5.52 Å². The third kappa shape index (κ3) is 5.24. The van der Waals surface area contributed by atoms with Crippen LogP contribution >= 0.6 is 11.3 Å². The minimum absolute atomic E-state index is 0.145. The zero-order valence-corrected chi connectivity index (χ0v) is 25.5. The van der Waals surface area contributed by atoms with Crippen molar-refractivity contribution >= 4 is 44.1 Å². The monoisotopic (exact) mass is 557 g/mol. The first-order chi connectivity index (χ1) is 20.1. The molecule has 4 aromatic carbocycles. The van der Waals surface area contributed by atoms with Crippen molar-refractivity contribution in [3.8, 4) is 0 Å². The molecular weight excluding hydrogens is 516 g/mol. The fourth-order valence-corrected chi connectivity index (χ4v) is 7.68. The van der Waals surface area contributed by atoms with Gasteiger partial charge in [0.25, 0.3) is 5.01 Å². The highest BCUT2D eigenvalue weighted by Gasteiger charge is 2.44. The van der Waals surface area contributed by atoms with Crippen LogP contribution in [0.1, 0.15) is 62.6 Å². The van der Waals surface area contributed by atoms with Gasteiger partial charge < -0.3 is 4.90 Å². The van der Waals surface area contributed by atoms with Gasteiger partial charge in [0.1, 0.15) is 4.70 Å². The second-order valence-corrected chi connectivity index (χ2v) is 12.6. The molecule has 208 valence electrons. The maximum absolute atomic E-state index is 2.62. The average molecular weight is 558 g/mol. The number of para-hydroxylation sites is 1. The van der Waals surface area contributed by atoms with Crippen LogP contribution in [0.5, 0.6) is 0 Å². The molecule has 0 radical (unpaired) electrons. The standard InChI is InChI=1S/C38H41N2S/c1-4-6-26-39-33-25-24-30-18-11-12-19-31(30)37(33)38(3,28-29-16-9-8-10-17-29)35(39)22-15-23-36-40(27-7-5-2)32-20-13-14-21-34(32)41-36/h8-25H,4-7,26-28H2,1-3H3/q+1. The Hall–Kier alpha value is -3.69. The van der Waals surface area contributed by atoms with E-state index in [9.17, 15) is 0 Å². The van der Waals surface area contributed by atoms with Gasteiger partial charge in [-0.2, -0.15) is 4.57 Å². The summed E-state index contributed by atoms with van der Waals surface area (Å²) in [5, 5.41) is 4.02. The Labute approximate surface area is 249 Å². The summed E-state index contributed by atoms with van der Waals surface area (Å²) in [6.07, 6.45) is 12.8. The molecule has 0 N–H and O–H groups in total. The highest BCUT2D eigenvalue weighted by molar-refractivity contribution is 7.18. The largest absolute Gasteiger partial charge is 0.344 e.